The van der Waals surface area contributed by atoms with Gasteiger partial charge in [-0.2, -0.15) is 5.26 Å². The number of hydrogen-bond acceptors (Lipinski definition) is 4. The quantitative estimate of drug-likeness (QED) is 0.785. The number of anilines is 1. The molecule has 0 saturated carbocycles. The Kier molecular flexibility index (Phi) is 7.26. The van der Waals surface area contributed by atoms with Crippen LogP contribution in [0.5, 0.6) is 0 Å². The summed E-state index contributed by atoms with van der Waals surface area (Å²) in [6, 6.07) is 16.6. The van der Waals surface area contributed by atoms with Gasteiger partial charge in [0.1, 0.15) is 0 Å². The fourth-order valence-corrected chi connectivity index (χ4v) is 3.28. The van der Waals surface area contributed by atoms with Gasteiger partial charge < -0.3 is 10.6 Å². The third-order valence-electron chi connectivity index (χ3n) is 4.77. The van der Waals surface area contributed by atoms with Gasteiger partial charge in [-0.25, -0.2) is 4.79 Å². The van der Waals surface area contributed by atoms with E-state index in [1.54, 1.807) is 24.3 Å². The summed E-state index contributed by atoms with van der Waals surface area (Å²) in [7, 11) is 0. The minimum atomic E-state index is -0.230. The van der Waals surface area contributed by atoms with Crippen LogP contribution in [-0.2, 0) is 6.54 Å². The molecule has 0 aromatic heterocycles. The topological polar surface area (TPSA) is 71.4 Å². The number of halogens is 1. The second-order valence-electron chi connectivity index (χ2n) is 6.81. The molecule has 1 saturated heterocycles. The largest absolute Gasteiger partial charge is 0.337 e. The number of urea groups is 1. The van der Waals surface area contributed by atoms with Crippen molar-refractivity contribution >= 4 is 23.3 Å². The first-order valence-electron chi connectivity index (χ1n) is 9.36. The summed E-state index contributed by atoms with van der Waals surface area (Å²) in [6.07, 6.45) is 0. The van der Waals surface area contributed by atoms with E-state index in [4.69, 9.17) is 16.9 Å². The lowest BCUT2D eigenvalue weighted by atomic mass is 10.2. The molecule has 6 nitrogen and oxygen atoms in total. The fourth-order valence-electron chi connectivity index (χ4n) is 3.15. The molecule has 1 aliphatic rings. The second-order valence-corrected chi connectivity index (χ2v) is 7.25. The molecular weight excluding hydrogens is 374 g/mol. The summed E-state index contributed by atoms with van der Waals surface area (Å²) in [5, 5.41) is 15.2. The van der Waals surface area contributed by atoms with E-state index >= 15 is 0 Å². The number of carbonyl (C=O) groups is 1. The molecule has 2 aromatic carbocycles. The van der Waals surface area contributed by atoms with E-state index in [1.807, 2.05) is 12.1 Å². The highest BCUT2D eigenvalue weighted by atomic mass is 35.5. The first kappa shape index (κ1) is 20.2. The Morgan fingerprint density at radius 1 is 1.00 bits per heavy atom. The van der Waals surface area contributed by atoms with Crippen LogP contribution < -0.4 is 10.6 Å². The Morgan fingerprint density at radius 3 is 2.29 bits per heavy atom. The SMILES string of the molecule is N#Cc1ccc(NC(=O)NCCN2CCN(Cc3ccc(Cl)cc3)CC2)cc1. The third kappa shape index (κ3) is 6.24. The van der Waals surface area contributed by atoms with E-state index in [9.17, 15) is 4.79 Å². The van der Waals surface area contributed by atoms with Gasteiger partial charge in [-0.3, -0.25) is 9.80 Å². The van der Waals surface area contributed by atoms with Gasteiger partial charge in [-0.15, -0.1) is 0 Å². The molecule has 146 valence electrons. The molecule has 1 heterocycles. The number of nitrogens with zero attached hydrogens (tertiary/aromatic N) is 3. The highest BCUT2D eigenvalue weighted by molar-refractivity contribution is 6.30. The van der Waals surface area contributed by atoms with Gasteiger partial charge in [0.2, 0.25) is 0 Å². The lowest BCUT2D eigenvalue weighted by molar-refractivity contribution is 0.128. The molecule has 1 fully saturated rings. The summed E-state index contributed by atoms with van der Waals surface area (Å²) >= 11 is 5.94. The molecular formula is C21H24ClN5O. The van der Waals surface area contributed by atoms with Crippen LogP contribution in [0.3, 0.4) is 0 Å². The van der Waals surface area contributed by atoms with Crippen LogP contribution in [0.4, 0.5) is 10.5 Å². The molecule has 1 aliphatic heterocycles. The summed E-state index contributed by atoms with van der Waals surface area (Å²) in [6.45, 7) is 6.38. The summed E-state index contributed by atoms with van der Waals surface area (Å²) in [5.74, 6) is 0. The number of rotatable bonds is 6. The molecule has 0 aliphatic carbocycles. The molecule has 7 heteroatoms. The van der Waals surface area contributed by atoms with Crippen molar-refractivity contribution in [1.29, 1.82) is 5.26 Å². The number of carbonyl (C=O) groups excluding carboxylic acids is 1. The lowest BCUT2D eigenvalue weighted by Gasteiger charge is -2.34. The van der Waals surface area contributed by atoms with Crippen molar-refractivity contribution in [2.75, 3.05) is 44.6 Å². The van der Waals surface area contributed by atoms with E-state index in [-0.39, 0.29) is 6.03 Å². The maximum atomic E-state index is 12.0. The highest BCUT2D eigenvalue weighted by Gasteiger charge is 2.16. The van der Waals surface area contributed by atoms with Gasteiger partial charge in [0.25, 0.3) is 0 Å². The number of nitriles is 1. The monoisotopic (exact) mass is 397 g/mol. The normalized spacial score (nSPS) is 15.0. The Labute approximate surface area is 170 Å². The Bertz CT molecular complexity index is 808. The molecule has 2 N–H and O–H groups in total. The summed E-state index contributed by atoms with van der Waals surface area (Å²) in [5.41, 5.74) is 2.52. The van der Waals surface area contributed by atoms with E-state index in [2.05, 4.69) is 38.6 Å². The van der Waals surface area contributed by atoms with Crippen LogP contribution in [0, 0.1) is 11.3 Å². The molecule has 0 atom stereocenters. The zero-order valence-electron chi connectivity index (χ0n) is 15.7. The van der Waals surface area contributed by atoms with Crippen molar-refractivity contribution in [2.24, 2.45) is 0 Å². The molecule has 2 aromatic rings. The zero-order valence-corrected chi connectivity index (χ0v) is 16.5. The predicted molar refractivity (Wildman–Crippen MR) is 111 cm³/mol. The molecule has 2 amide bonds. The average Bonchev–Trinajstić information content (AvgIpc) is 2.71. The van der Waals surface area contributed by atoms with Crippen LogP contribution in [-0.4, -0.2) is 55.1 Å². The van der Waals surface area contributed by atoms with E-state index < -0.39 is 0 Å². The first-order valence-corrected chi connectivity index (χ1v) is 9.74. The number of nitrogens with one attached hydrogen (secondary N) is 2. The van der Waals surface area contributed by atoms with Crippen molar-refractivity contribution in [2.45, 2.75) is 6.54 Å². The van der Waals surface area contributed by atoms with E-state index in [1.165, 1.54) is 5.56 Å². The van der Waals surface area contributed by atoms with Gasteiger partial charge in [-0.05, 0) is 42.0 Å². The van der Waals surface area contributed by atoms with Crippen LogP contribution in [0.25, 0.3) is 0 Å². The Hall–Kier alpha value is -2.59. The predicted octanol–water partition coefficient (Wildman–Crippen LogP) is 3.15. The van der Waals surface area contributed by atoms with Gasteiger partial charge >= 0.3 is 6.03 Å². The molecule has 28 heavy (non-hydrogen) atoms. The van der Waals surface area contributed by atoms with Crippen LogP contribution in [0.1, 0.15) is 11.1 Å². The van der Waals surface area contributed by atoms with Crippen molar-refractivity contribution in [3.8, 4) is 6.07 Å². The first-order chi connectivity index (χ1) is 13.6. The number of piperazine rings is 1. The fraction of sp³-hybridized carbons (Fsp3) is 0.333. The van der Waals surface area contributed by atoms with E-state index in [0.717, 1.165) is 44.3 Å². The lowest BCUT2D eigenvalue weighted by Crippen LogP contribution is -2.48. The van der Waals surface area contributed by atoms with Gasteiger partial charge in [-0.1, -0.05) is 23.7 Å². The third-order valence-corrected chi connectivity index (χ3v) is 5.02. The van der Waals surface area contributed by atoms with Gasteiger partial charge in [0, 0.05) is 56.5 Å². The number of benzene rings is 2. The minimum absolute atomic E-state index is 0.230. The minimum Gasteiger partial charge on any atom is -0.337 e. The van der Waals surface area contributed by atoms with E-state index in [0.29, 0.717) is 17.8 Å². The Morgan fingerprint density at radius 2 is 1.64 bits per heavy atom. The zero-order chi connectivity index (χ0) is 19.8. The molecule has 0 spiro atoms. The maximum absolute atomic E-state index is 12.0. The second kappa shape index (κ2) is 10.1. The van der Waals surface area contributed by atoms with Crippen LogP contribution >= 0.6 is 11.6 Å². The maximum Gasteiger partial charge on any atom is 0.319 e. The summed E-state index contributed by atoms with van der Waals surface area (Å²) < 4.78 is 0. The molecule has 0 unspecified atom stereocenters. The number of hydrogen-bond donors (Lipinski definition) is 2. The Balaban J connectivity index is 1.32. The van der Waals surface area contributed by atoms with Gasteiger partial charge in [0.05, 0.1) is 11.6 Å². The number of amides is 2. The standard InChI is InChI=1S/C21H24ClN5O/c22-19-5-1-18(2-6-19)16-27-13-11-26(12-14-27)10-9-24-21(28)25-20-7-3-17(15-23)4-8-20/h1-8H,9-14,16H2,(H2,24,25,28). The molecule has 0 bridgehead atoms. The van der Waals surface area contributed by atoms with Crippen molar-refractivity contribution in [1.82, 2.24) is 15.1 Å². The average molecular weight is 398 g/mol. The van der Waals surface area contributed by atoms with Crippen molar-refractivity contribution in [3.63, 3.8) is 0 Å². The van der Waals surface area contributed by atoms with Crippen LogP contribution in [0.2, 0.25) is 5.02 Å². The molecule has 0 radical (unpaired) electrons. The highest BCUT2D eigenvalue weighted by Crippen LogP contribution is 2.13. The van der Waals surface area contributed by atoms with Crippen LogP contribution in [0.15, 0.2) is 48.5 Å². The van der Waals surface area contributed by atoms with Crippen molar-refractivity contribution < 1.29 is 4.79 Å². The van der Waals surface area contributed by atoms with Gasteiger partial charge in [0.15, 0.2) is 0 Å². The van der Waals surface area contributed by atoms with Crippen molar-refractivity contribution in [3.05, 3.63) is 64.7 Å². The molecule has 3 rings (SSSR count). The summed E-state index contributed by atoms with van der Waals surface area (Å²) in [4.78, 5) is 16.8. The smallest absolute Gasteiger partial charge is 0.319 e.